The van der Waals surface area contributed by atoms with Gasteiger partial charge in [-0.1, -0.05) is 11.8 Å². The molecule has 3 amide bonds. The van der Waals surface area contributed by atoms with Crippen molar-refractivity contribution in [3.63, 3.8) is 0 Å². The van der Waals surface area contributed by atoms with Crippen molar-refractivity contribution in [2.45, 2.75) is 0 Å². The predicted molar refractivity (Wildman–Crippen MR) is 107 cm³/mol. The minimum absolute atomic E-state index is 0.0831. The van der Waals surface area contributed by atoms with E-state index >= 15 is 0 Å². The van der Waals surface area contributed by atoms with E-state index in [0.29, 0.717) is 28.9 Å². The first-order valence-corrected chi connectivity index (χ1v) is 9.14. The molecule has 1 fully saturated rings. The number of anilines is 1. The van der Waals surface area contributed by atoms with E-state index in [9.17, 15) is 9.59 Å². The number of amides is 3. The molecular weight excluding hydrogens is 410 g/mol. The van der Waals surface area contributed by atoms with Crippen LogP contribution in [0.25, 0.3) is 0 Å². The van der Waals surface area contributed by atoms with Crippen LogP contribution >= 0.6 is 15.9 Å². The Morgan fingerprint density at radius 3 is 2.74 bits per heavy atom. The number of methoxy groups -OCH3 is 1. The Kier molecular flexibility index (Phi) is 5.99. The zero-order chi connectivity index (χ0) is 19.2. The Morgan fingerprint density at radius 1 is 1.30 bits per heavy atom. The fourth-order valence-electron chi connectivity index (χ4n) is 2.61. The van der Waals surface area contributed by atoms with Gasteiger partial charge < -0.3 is 15.4 Å². The predicted octanol–water partition coefficient (Wildman–Crippen LogP) is 2.77. The average Bonchev–Trinajstić information content (AvgIpc) is 3.12. The van der Waals surface area contributed by atoms with Gasteiger partial charge in [0.25, 0.3) is 5.91 Å². The van der Waals surface area contributed by atoms with Crippen LogP contribution in [-0.4, -0.2) is 38.7 Å². The van der Waals surface area contributed by atoms with Gasteiger partial charge >= 0.3 is 6.03 Å². The van der Waals surface area contributed by atoms with Crippen molar-refractivity contribution >= 4 is 33.6 Å². The third kappa shape index (κ3) is 4.60. The maximum absolute atomic E-state index is 12.3. The van der Waals surface area contributed by atoms with Gasteiger partial charge in [-0.05, 0) is 58.4 Å². The second-order valence-electron chi connectivity index (χ2n) is 5.76. The van der Waals surface area contributed by atoms with Crippen LogP contribution in [0.15, 0.2) is 46.9 Å². The van der Waals surface area contributed by atoms with E-state index in [0.717, 1.165) is 11.3 Å². The van der Waals surface area contributed by atoms with Crippen LogP contribution in [0.1, 0.15) is 15.9 Å². The minimum Gasteiger partial charge on any atom is -0.497 e. The van der Waals surface area contributed by atoms with Gasteiger partial charge in [0.15, 0.2) is 0 Å². The minimum atomic E-state index is -0.231. The maximum atomic E-state index is 12.3. The standard InChI is InChI=1S/C20H18BrN3O3/c1-27-16-8-9-18(21)17(13-16)19(25)22-10-2-3-14-4-6-15(7-5-14)24-12-11-23-20(24)26/h4-9,13H,10-12H2,1H3,(H,22,25)(H,23,26). The zero-order valence-corrected chi connectivity index (χ0v) is 16.3. The molecule has 2 N–H and O–H groups in total. The molecule has 27 heavy (non-hydrogen) atoms. The topological polar surface area (TPSA) is 70.7 Å². The highest BCUT2D eigenvalue weighted by atomic mass is 79.9. The van der Waals surface area contributed by atoms with E-state index in [1.807, 2.05) is 24.3 Å². The van der Waals surface area contributed by atoms with Gasteiger partial charge in [-0.25, -0.2) is 4.79 Å². The van der Waals surface area contributed by atoms with Gasteiger partial charge in [0.2, 0.25) is 0 Å². The Hall–Kier alpha value is -2.98. The van der Waals surface area contributed by atoms with Crippen molar-refractivity contribution in [3.8, 4) is 17.6 Å². The van der Waals surface area contributed by atoms with E-state index in [4.69, 9.17) is 4.74 Å². The first-order valence-electron chi connectivity index (χ1n) is 8.34. The summed E-state index contributed by atoms with van der Waals surface area (Å²) in [6.45, 7) is 1.54. The second-order valence-corrected chi connectivity index (χ2v) is 6.62. The summed E-state index contributed by atoms with van der Waals surface area (Å²) in [6.07, 6.45) is 0. The number of nitrogens with zero attached hydrogens (tertiary/aromatic N) is 1. The first kappa shape index (κ1) is 18.8. The van der Waals surface area contributed by atoms with Crippen LogP contribution in [0, 0.1) is 11.8 Å². The lowest BCUT2D eigenvalue weighted by molar-refractivity contribution is 0.0957. The Bertz CT molecular complexity index is 916. The fourth-order valence-corrected chi connectivity index (χ4v) is 3.04. The number of rotatable bonds is 4. The monoisotopic (exact) mass is 427 g/mol. The Morgan fingerprint density at radius 2 is 2.07 bits per heavy atom. The van der Waals surface area contributed by atoms with Gasteiger partial charge in [-0.2, -0.15) is 0 Å². The lowest BCUT2D eigenvalue weighted by Gasteiger charge is -2.13. The van der Waals surface area contributed by atoms with Crippen molar-refractivity contribution in [1.82, 2.24) is 10.6 Å². The van der Waals surface area contributed by atoms with E-state index in [2.05, 4.69) is 38.4 Å². The van der Waals surface area contributed by atoms with Gasteiger partial charge in [0, 0.05) is 28.8 Å². The molecule has 0 spiro atoms. The number of benzene rings is 2. The summed E-state index contributed by atoms with van der Waals surface area (Å²) in [4.78, 5) is 25.6. The summed E-state index contributed by atoms with van der Waals surface area (Å²) in [5.74, 6) is 6.31. The Balaban J connectivity index is 1.57. The van der Waals surface area contributed by atoms with Crippen LogP contribution in [0.4, 0.5) is 10.5 Å². The highest BCUT2D eigenvalue weighted by Crippen LogP contribution is 2.22. The summed E-state index contributed by atoms with van der Waals surface area (Å²) in [5, 5.41) is 5.53. The summed E-state index contributed by atoms with van der Waals surface area (Å²) in [6, 6.07) is 12.6. The smallest absolute Gasteiger partial charge is 0.321 e. The highest BCUT2D eigenvalue weighted by molar-refractivity contribution is 9.10. The maximum Gasteiger partial charge on any atom is 0.321 e. The number of ether oxygens (including phenoxy) is 1. The molecule has 2 aromatic rings. The van der Waals surface area contributed by atoms with Gasteiger partial charge in [-0.15, -0.1) is 0 Å². The number of hydrogen-bond donors (Lipinski definition) is 2. The molecule has 1 aliphatic heterocycles. The van der Waals surface area contributed by atoms with Crippen LogP contribution in [0.3, 0.4) is 0 Å². The van der Waals surface area contributed by atoms with Gasteiger partial charge in [-0.3, -0.25) is 9.69 Å². The van der Waals surface area contributed by atoms with Crippen LogP contribution < -0.4 is 20.3 Å². The van der Waals surface area contributed by atoms with Crippen molar-refractivity contribution < 1.29 is 14.3 Å². The van der Waals surface area contributed by atoms with E-state index in [1.165, 1.54) is 0 Å². The molecule has 0 bridgehead atoms. The molecule has 2 aromatic carbocycles. The zero-order valence-electron chi connectivity index (χ0n) is 14.7. The third-order valence-corrected chi connectivity index (χ3v) is 4.72. The van der Waals surface area contributed by atoms with Crippen molar-refractivity contribution in [2.75, 3.05) is 31.6 Å². The molecule has 1 aliphatic rings. The molecule has 0 aliphatic carbocycles. The summed E-state index contributed by atoms with van der Waals surface area (Å²) < 4.78 is 5.83. The third-order valence-electron chi connectivity index (χ3n) is 4.02. The average molecular weight is 428 g/mol. The van der Waals surface area contributed by atoms with E-state index < -0.39 is 0 Å². The quantitative estimate of drug-likeness (QED) is 0.736. The molecule has 1 heterocycles. The van der Waals surface area contributed by atoms with Crippen LogP contribution in [-0.2, 0) is 0 Å². The van der Waals surface area contributed by atoms with Gasteiger partial charge in [0.05, 0.1) is 19.2 Å². The molecule has 3 rings (SSSR count). The number of carbonyl (C=O) groups is 2. The normalized spacial score (nSPS) is 12.8. The number of hydrogen-bond acceptors (Lipinski definition) is 3. The molecule has 0 radical (unpaired) electrons. The van der Waals surface area contributed by atoms with Crippen LogP contribution in [0.5, 0.6) is 5.75 Å². The molecule has 1 saturated heterocycles. The molecule has 7 heteroatoms. The number of nitrogens with one attached hydrogen (secondary N) is 2. The largest absolute Gasteiger partial charge is 0.497 e. The number of urea groups is 1. The lowest BCUT2D eigenvalue weighted by Crippen LogP contribution is -2.27. The van der Waals surface area contributed by atoms with Crippen molar-refractivity contribution in [3.05, 3.63) is 58.1 Å². The van der Waals surface area contributed by atoms with Crippen LogP contribution in [0.2, 0.25) is 0 Å². The molecular formula is C20H18BrN3O3. The van der Waals surface area contributed by atoms with Crippen molar-refractivity contribution in [1.29, 1.82) is 0 Å². The summed E-state index contributed by atoms with van der Waals surface area (Å²) >= 11 is 3.36. The van der Waals surface area contributed by atoms with E-state index in [1.54, 1.807) is 30.2 Å². The molecule has 0 saturated carbocycles. The Labute approximate surface area is 166 Å². The number of carbonyl (C=O) groups excluding carboxylic acids is 2. The molecule has 6 nitrogen and oxygen atoms in total. The molecule has 0 unspecified atom stereocenters. The highest BCUT2D eigenvalue weighted by Gasteiger charge is 2.20. The summed E-state index contributed by atoms with van der Waals surface area (Å²) in [5.41, 5.74) is 2.14. The fraction of sp³-hybridized carbons (Fsp3) is 0.200. The second kappa shape index (κ2) is 8.60. The molecule has 0 aromatic heterocycles. The van der Waals surface area contributed by atoms with E-state index in [-0.39, 0.29) is 18.5 Å². The SMILES string of the molecule is COc1ccc(Br)c(C(=O)NCC#Cc2ccc(N3CCNC3=O)cc2)c1. The van der Waals surface area contributed by atoms with Gasteiger partial charge in [0.1, 0.15) is 5.75 Å². The molecule has 0 atom stereocenters. The summed E-state index contributed by atoms with van der Waals surface area (Å²) in [7, 11) is 1.55. The first-order chi connectivity index (χ1) is 13.1. The molecule has 138 valence electrons. The number of halogens is 1. The lowest BCUT2D eigenvalue weighted by atomic mass is 10.2. The van der Waals surface area contributed by atoms with Crippen molar-refractivity contribution in [2.24, 2.45) is 0 Å².